The number of hydrogen-bond acceptors (Lipinski definition) is 3. The predicted molar refractivity (Wildman–Crippen MR) is 71.3 cm³/mol. The standard InChI is InChI=1S/C14H14ClNO2/c1-11(10-17-12-5-4-8-16-9-12)18-14-7-3-2-6-13(14)15/h2-9,11H,10H2,1H3. The number of benzene rings is 1. The second kappa shape index (κ2) is 6.26. The van der Waals surface area contributed by atoms with E-state index < -0.39 is 0 Å². The maximum Gasteiger partial charge on any atom is 0.138 e. The fourth-order valence-corrected chi connectivity index (χ4v) is 1.62. The minimum atomic E-state index is -0.0925. The summed E-state index contributed by atoms with van der Waals surface area (Å²) in [7, 11) is 0. The summed E-state index contributed by atoms with van der Waals surface area (Å²) >= 11 is 6.01. The van der Waals surface area contributed by atoms with Gasteiger partial charge in [-0.05, 0) is 31.2 Å². The summed E-state index contributed by atoms with van der Waals surface area (Å²) in [6.45, 7) is 2.37. The molecule has 94 valence electrons. The van der Waals surface area contributed by atoms with Gasteiger partial charge < -0.3 is 9.47 Å². The molecule has 18 heavy (non-hydrogen) atoms. The molecule has 1 aromatic carbocycles. The van der Waals surface area contributed by atoms with Gasteiger partial charge in [0.15, 0.2) is 0 Å². The lowest BCUT2D eigenvalue weighted by molar-refractivity contribution is 0.143. The van der Waals surface area contributed by atoms with Crippen LogP contribution < -0.4 is 9.47 Å². The van der Waals surface area contributed by atoms with E-state index in [0.717, 1.165) is 5.75 Å². The third-order valence-electron chi connectivity index (χ3n) is 2.28. The third kappa shape index (κ3) is 3.64. The Morgan fingerprint density at radius 3 is 2.78 bits per heavy atom. The lowest BCUT2D eigenvalue weighted by Crippen LogP contribution is -2.21. The molecule has 3 nitrogen and oxygen atoms in total. The molecule has 0 spiro atoms. The van der Waals surface area contributed by atoms with E-state index in [1.807, 2.05) is 37.3 Å². The van der Waals surface area contributed by atoms with Crippen LogP contribution in [-0.4, -0.2) is 17.7 Å². The van der Waals surface area contributed by atoms with E-state index in [1.165, 1.54) is 0 Å². The van der Waals surface area contributed by atoms with Gasteiger partial charge in [-0.1, -0.05) is 23.7 Å². The minimum Gasteiger partial charge on any atom is -0.488 e. The molecule has 2 aromatic rings. The quantitative estimate of drug-likeness (QED) is 0.826. The Bertz CT molecular complexity index is 490. The number of para-hydroxylation sites is 1. The first-order valence-corrected chi connectivity index (χ1v) is 6.07. The van der Waals surface area contributed by atoms with E-state index in [2.05, 4.69) is 4.98 Å². The number of rotatable bonds is 5. The van der Waals surface area contributed by atoms with Gasteiger partial charge in [-0.2, -0.15) is 0 Å². The maximum absolute atomic E-state index is 6.01. The van der Waals surface area contributed by atoms with Crippen molar-refractivity contribution in [3.63, 3.8) is 0 Å². The molecule has 0 amide bonds. The van der Waals surface area contributed by atoms with Crippen molar-refractivity contribution < 1.29 is 9.47 Å². The number of pyridine rings is 1. The van der Waals surface area contributed by atoms with E-state index in [-0.39, 0.29) is 6.10 Å². The smallest absolute Gasteiger partial charge is 0.138 e. The van der Waals surface area contributed by atoms with Crippen LogP contribution in [0.4, 0.5) is 0 Å². The summed E-state index contributed by atoms with van der Waals surface area (Å²) in [5.41, 5.74) is 0. The van der Waals surface area contributed by atoms with Crippen LogP contribution in [0.1, 0.15) is 6.92 Å². The second-order valence-electron chi connectivity index (χ2n) is 3.86. The van der Waals surface area contributed by atoms with Gasteiger partial charge in [0.05, 0.1) is 11.2 Å². The lowest BCUT2D eigenvalue weighted by atomic mass is 10.3. The van der Waals surface area contributed by atoms with Crippen LogP contribution in [-0.2, 0) is 0 Å². The fourth-order valence-electron chi connectivity index (χ4n) is 1.44. The Labute approximate surface area is 111 Å². The molecule has 1 atom stereocenters. The predicted octanol–water partition coefficient (Wildman–Crippen LogP) is 3.58. The molecule has 0 saturated carbocycles. The van der Waals surface area contributed by atoms with Crippen molar-refractivity contribution in [2.45, 2.75) is 13.0 Å². The zero-order valence-corrected chi connectivity index (χ0v) is 10.8. The van der Waals surface area contributed by atoms with E-state index in [0.29, 0.717) is 17.4 Å². The molecular formula is C14H14ClNO2. The molecule has 1 heterocycles. The van der Waals surface area contributed by atoms with Crippen molar-refractivity contribution >= 4 is 11.6 Å². The van der Waals surface area contributed by atoms with Crippen molar-refractivity contribution in [1.82, 2.24) is 4.98 Å². The highest BCUT2D eigenvalue weighted by Gasteiger charge is 2.07. The largest absolute Gasteiger partial charge is 0.488 e. The van der Waals surface area contributed by atoms with Gasteiger partial charge >= 0.3 is 0 Å². The number of nitrogens with zero attached hydrogens (tertiary/aromatic N) is 1. The molecule has 0 aliphatic heterocycles. The van der Waals surface area contributed by atoms with Crippen LogP contribution in [0.25, 0.3) is 0 Å². The topological polar surface area (TPSA) is 31.4 Å². The Balaban J connectivity index is 1.86. The van der Waals surface area contributed by atoms with Crippen molar-refractivity contribution in [2.24, 2.45) is 0 Å². The number of hydrogen-bond donors (Lipinski definition) is 0. The van der Waals surface area contributed by atoms with Crippen LogP contribution >= 0.6 is 11.6 Å². The highest BCUT2D eigenvalue weighted by atomic mass is 35.5. The van der Waals surface area contributed by atoms with E-state index in [9.17, 15) is 0 Å². The first-order chi connectivity index (χ1) is 8.75. The summed E-state index contributed by atoms with van der Waals surface area (Å²) in [6, 6.07) is 11.1. The number of aromatic nitrogens is 1. The van der Waals surface area contributed by atoms with E-state index in [4.69, 9.17) is 21.1 Å². The number of ether oxygens (including phenoxy) is 2. The maximum atomic E-state index is 6.01. The molecule has 1 unspecified atom stereocenters. The number of halogens is 1. The van der Waals surface area contributed by atoms with Crippen LogP contribution in [0.2, 0.25) is 5.02 Å². The van der Waals surface area contributed by atoms with Crippen molar-refractivity contribution in [3.8, 4) is 11.5 Å². The monoisotopic (exact) mass is 263 g/mol. The fraction of sp³-hybridized carbons (Fsp3) is 0.214. The normalized spacial score (nSPS) is 11.9. The Kier molecular flexibility index (Phi) is 4.42. The summed E-state index contributed by atoms with van der Waals surface area (Å²) in [4.78, 5) is 3.97. The van der Waals surface area contributed by atoms with Gasteiger partial charge in [0.1, 0.15) is 24.2 Å². The average molecular weight is 264 g/mol. The molecule has 0 bridgehead atoms. The Hall–Kier alpha value is -1.74. The summed E-state index contributed by atoms with van der Waals surface area (Å²) in [5, 5.41) is 0.603. The highest BCUT2D eigenvalue weighted by Crippen LogP contribution is 2.24. The molecule has 1 aromatic heterocycles. The van der Waals surface area contributed by atoms with E-state index >= 15 is 0 Å². The molecule has 4 heteroatoms. The van der Waals surface area contributed by atoms with Crippen molar-refractivity contribution in [2.75, 3.05) is 6.61 Å². The Morgan fingerprint density at radius 1 is 1.22 bits per heavy atom. The van der Waals surface area contributed by atoms with Crippen LogP contribution in [0, 0.1) is 0 Å². The average Bonchev–Trinajstić information content (AvgIpc) is 2.40. The molecule has 0 aliphatic carbocycles. The minimum absolute atomic E-state index is 0.0925. The van der Waals surface area contributed by atoms with Crippen LogP contribution in [0.5, 0.6) is 11.5 Å². The highest BCUT2D eigenvalue weighted by molar-refractivity contribution is 6.32. The van der Waals surface area contributed by atoms with Crippen LogP contribution in [0.3, 0.4) is 0 Å². The zero-order chi connectivity index (χ0) is 12.8. The molecule has 0 radical (unpaired) electrons. The third-order valence-corrected chi connectivity index (χ3v) is 2.60. The van der Waals surface area contributed by atoms with Gasteiger partial charge in [0, 0.05) is 6.20 Å². The summed E-state index contributed by atoms with van der Waals surface area (Å²) in [6.07, 6.45) is 3.28. The molecule has 0 aliphatic rings. The van der Waals surface area contributed by atoms with Gasteiger partial charge in [-0.3, -0.25) is 4.98 Å². The van der Waals surface area contributed by atoms with Crippen molar-refractivity contribution in [3.05, 3.63) is 53.8 Å². The second-order valence-corrected chi connectivity index (χ2v) is 4.27. The first-order valence-electron chi connectivity index (χ1n) is 5.69. The molecular weight excluding hydrogens is 250 g/mol. The van der Waals surface area contributed by atoms with Crippen LogP contribution in [0.15, 0.2) is 48.8 Å². The van der Waals surface area contributed by atoms with E-state index in [1.54, 1.807) is 18.5 Å². The molecule has 0 fully saturated rings. The summed E-state index contributed by atoms with van der Waals surface area (Å²) < 4.78 is 11.2. The van der Waals surface area contributed by atoms with Crippen molar-refractivity contribution in [1.29, 1.82) is 0 Å². The first kappa shape index (κ1) is 12.7. The van der Waals surface area contributed by atoms with Gasteiger partial charge in [0.2, 0.25) is 0 Å². The zero-order valence-electron chi connectivity index (χ0n) is 10.0. The SMILES string of the molecule is CC(COc1cccnc1)Oc1ccccc1Cl. The molecule has 0 N–H and O–H groups in total. The molecule has 0 saturated heterocycles. The Morgan fingerprint density at radius 2 is 2.06 bits per heavy atom. The lowest BCUT2D eigenvalue weighted by Gasteiger charge is -2.16. The molecule has 2 rings (SSSR count). The van der Waals surface area contributed by atoms with Gasteiger partial charge in [-0.15, -0.1) is 0 Å². The van der Waals surface area contributed by atoms with Gasteiger partial charge in [-0.25, -0.2) is 0 Å². The van der Waals surface area contributed by atoms with Gasteiger partial charge in [0.25, 0.3) is 0 Å². The summed E-state index contributed by atoms with van der Waals surface area (Å²) in [5.74, 6) is 1.40.